The second kappa shape index (κ2) is 8.66. The number of pyridine rings is 1. The van der Waals surface area contributed by atoms with Crippen molar-refractivity contribution in [3.05, 3.63) is 83.4 Å². The molecule has 4 aromatic rings. The van der Waals surface area contributed by atoms with Crippen molar-refractivity contribution in [1.82, 2.24) is 14.5 Å². The summed E-state index contributed by atoms with van der Waals surface area (Å²) < 4.78 is 13.0. The second-order valence-electron chi connectivity index (χ2n) is 8.82. The molecule has 1 saturated heterocycles. The largest absolute Gasteiger partial charge is 0.507 e. The summed E-state index contributed by atoms with van der Waals surface area (Å²) in [4.78, 5) is 32.1. The second-order valence-corrected chi connectivity index (χ2v) is 8.82. The van der Waals surface area contributed by atoms with Crippen LogP contribution in [0.25, 0.3) is 28.2 Å². The summed E-state index contributed by atoms with van der Waals surface area (Å²) in [6.07, 6.45) is 5.32. The molecule has 1 fully saturated rings. The van der Waals surface area contributed by atoms with E-state index in [2.05, 4.69) is 4.98 Å². The van der Waals surface area contributed by atoms with Crippen LogP contribution >= 0.6 is 0 Å². The van der Waals surface area contributed by atoms with Gasteiger partial charge in [0.1, 0.15) is 22.7 Å². The minimum absolute atomic E-state index is 0.00503. The van der Waals surface area contributed by atoms with Crippen LogP contribution < -0.4 is 4.74 Å². The molecule has 2 aliphatic rings. The van der Waals surface area contributed by atoms with Gasteiger partial charge >= 0.3 is 0 Å². The fraction of sp³-hybridized carbons (Fsp3) is 0.179. The summed E-state index contributed by atoms with van der Waals surface area (Å²) in [5, 5.41) is 11.0. The molecule has 36 heavy (non-hydrogen) atoms. The van der Waals surface area contributed by atoms with Crippen molar-refractivity contribution >= 4 is 28.8 Å². The number of hydrogen-bond acceptors (Lipinski definition) is 6. The molecule has 2 aliphatic heterocycles. The molecule has 4 heterocycles. The van der Waals surface area contributed by atoms with E-state index in [1.165, 1.54) is 6.07 Å². The number of ether oxygens (including phenoxy) is 2. The molecule has 1 N–H and O–H groups in total. The van der Waals surface area contributed by atoms with E-state index in [-0.39, 0.29) is 28.8 Å². The number of fused-ring (bicyclic) bond motifs is 2. The normalized spacial score (nSPS) is 16.4. The summed E-state index contributed by atoms with van der Waals surface area (Å²) in [5.74, 6) is 0.00426. The van der Waals surface area contributed by atoms with Crippen LogP contribution in [0.2, 0.25) is 0 Å². The lowest BCUT2D eigenvalue weighted by Gasteiger charge is -2.26. The van der Waals surface area contributed by atoms with Gasteiger partial charge in [0.2, 0.25) is 5.78 Å². The fourth-order valence-corrected chi connectivity index (χ4v) is 4.79. The third-order valence-corrected chi connectivity index (χ3v) is 6.59. The molecule has 2 aromatic heterocycles. The number of aromatic hydroxyl groups is 1. The molecule has 2 aromatic carbocycles. The number of amides is 1. The van der Waals surface area contributed by atoms with E-state index in [1.807, 2.05) is 48.1 Å². The molecule has 0 bridgehead atoms. The Balaban J connectivity index is 1.38. The Morgan fingerprint density at radius 1 is 1.08 bits per heavy atom. The molecule has 0 aliphatic carbocycles. The minimum atomic E-state index is -0.364. The van der Waals surface area contributed by atoms with Crippen molar-refractivity contribution in [1.29, 1.82) is 0 Å². The predicted molar refractivity (Wildman–Crippen MR) is 134 cm³/mol. The summed E-state index contributed by atoms with van der Waals surface area (Å²) >= 11 is 0. The van der Waals surface area contributed by atoms with E-state index in [4.69, 9.17) is 9.47 Å². The van der Waals surface area contributed by atoms with Crippen molar-refractivity contribution in [2.45, 2.75) is 0 Å². The number of benzene rings is 2. The Labute approximate surface area is 207 Å². The Hall–Kier alpha value is -4.43. The first-order valence-corrected chi connectivity index (χ1v) is 11.7. The summed E-state index contributed by atoms with van der Waals surface area (Å²) in [5.41, 5.74) is 4.15. The number of carbonyl (C=O) groups is 2. The lowest BCUT2D eigenvalue weighted by molar-refractivity contribution is 0.0303. The molecule has 180 valence electrons. The van der Waals surface area contributed by atoms with Gasteiger partial charge in [-0.05, 0) is 47.5 Å². The highest BCUT2D eigenvalue weighted by atomic mass is 16.5. The highest BCUT2D eigenvalue weighted by molar-refractivity contribution is 6.17. The maximum Gasteiger partial charge on any atom is 0.254 e. The standard InChI is InChI=1S/C28H23N3O5/c1-30-16-19(15-23-26(33)25-21(32)3-2-4-22(25)36-23)24-20(9-10-29-27(24)30)17-5-7-18(8-6-17)28(34)31-11-13-35-14-12-31/h2-10,15-16,32H,11-14H2,1H3. The average Bonchev–Trinajstić information content (AvgIpc) is 3.41. The molecule has 0 saturated carbocycles. The van der Waals surface area contributed by atoms with E-state index in [1.54, 1.807) is 29.3 Å². The zero-order valence-corrected chi connectivity index (χ0v) is 19.6. The van der Waals surface area contributed by atoms with Gasteiger partial charge in [-0.3, -0.25) is 9.59 Å². The molecule has 0 radical (unpaired) electrons. The van der Waals surface area contributed by atoms with Crippen molar-refractivity contribution < 1.29 is 24.2 Å². The highest BCUT2D eigenvalue weighted by Crippen LogP contribution is 2.39. The number of nitrogens with zero attached hydrogens (tertiary/aromatic N) is 3. The predicted octanol–water partition coefficient (Wildman–Crippen LogP) is 4.03. The molecule has 0 spiro atoms. The van der Waals surface area contributed by atoms with Gasteiger partial charge in [-0.25, -0.2) is 4.98 Å². The van der Waals surface area contributed by atoms with E-state index in [0.717, 1.165) is 27.7 Å². The van der Waals surface area contributed by atoms with E-state index < -0.39 is 0 Å². The number of hydrogen-bond donors (Lipinski definition) is 1. The molecule has 8 nitrogen and oxygen atoms in total. The van der Waals surface area contributed by atoms with E-state index in [0.29, 0.717) is 37.6 Å². The van der Waals surface area contributed by atoms with E-state index in [9.17, 15) is 14.7 Å². The van der Waals surface area contributed by atoms with E-state index >= 15 is 0 Å². The molecule has 6 rings (SSSR count). The van der Waals surface area contributed by atoms with Crippen molar-refractivity contribution in [3.63, 3.8) is 0 Å². The first-order valence-electron chi connectivity index (χ1n) is 11.7. The van der Waals surface area contributed by atoms with Gasteiger partial charge in [0, 0.05) is 49.0 Å². The van der Waals surface area contributed by atoms with Crippen molar-refractivity contribution in [3.8, 4) is 22.6 Å². The van der Waals surface area contributed by atoms with Crippen LogP contribution in [0.1, 0.15) is 26.3 Å². The minimum Gasteiger partial charge on any atom is -0.507 e. The number of phenols is 1. The number of Topliss-reactive ketones (excluding diaryl/α,β-unsaturated/α-hetero) is 1. The number of ketones is 1. The maximum absolute atomic E-state index is 12.9. The van der Waals surface area contributed by atoms with Crippen LogP contribution in [-0.2, 0) is 11.8 Å². The summed E-state index contributed by atoms with van der Waals surface area (Å²) in [6.45, 7) is 2.30. The van der Waals surface area contributed by atoms with Crippen molar-refractivity contribution in [2.24, 2.45) is 7.05 Å². The van der Waals surface area contributed by atoms with Crippen LogP contribution in [0, 0.1) is 0 Å². The Morgan fingerprint density at radius 2 is 1.86 bits per heavy atom. The van der Waals surface area contributed by atoms with Gasteiger partial charge in [-0.15, -0.1) is 0 Å². The zero-order valence-electron chi connectivity index (χ0n) is 19.6. The zero-order chi connectivity index (χ0) is 24.8. The van der Waals surface area contributed by atoms with Gasteiger partial charge < -0.3 is 24.0 Å². The first kappa shape index (κ1) is 22.1. The molecular weight excluding hydrogens is 458 g/mol. The van der Waals surface area contributed by atoms with Crippen molar-refractivity contribution in [2.75, 3.05) is 26.3 Å². The lowest BCUT2D eigenvalue weighted by atomic mass is 9.99. The van der Waals surface area contributed by atoms with Gasteiger partial charge in [0.25, 0.3) is 5.91 Å². The third-order valence-electron chi connectivity index (χ3n) is 6.59. The number of aromatic nitrogens is 2. The van der Waals surface area contributed by atoms with Gasteiger partial charge in [-0.2, -0.15) is 0 Å². The molecule has 1 amide bonds. The Morgan fingerprint density at radius 3 is 2.61 bits per heavy atom. The van der Waals surface area contributed by atoms with Crippen LogP contribution in [0.3, 0.4) is 0 Å². The third kappa shape index (κ3) is 3.63. The Bertz CT molecular complexity index is 1550. The smallest absolute Gasteiger partial charge is 0.254 e. The number of aryl methyl sites for hydroxylation is 1. The van der Waals surface area contributed by atoms with Gasteiger partial charge in [-0.1, -0.05) is 18.2 Å². The van der Waals surface area contributed by atoms with Gasteiger partial charge in [0.15, 0.2) is 5.76 Å². The SMILES string of the molecule is Cn1cc(C=C2Oc3cccc(O)c3C2=O)c2c(-c3ccc(C(=O)N4CCOCC4)cc3)ccnc21. The molecule has 0 unspecified atom stereocenters. The molecule has 0 atom stereocenters. The summed E-state index contributed by atoms with van der Waals surface area (Å²) in [6, 6.07) is 14.2. The number of allylic oxidation sites excluding steroid dienone is 1. The van der Waals surface area contributed by atoms with Crippen LogP contribution in [-0.4, -0.2) is 57.6 Å². The van der Waals surface area contributed by atoms with Gasteiger partial charge in [0.05, 0.1) is 13.2 Å². The van der Waals surface area contributed by atoms with Crippen LogP contribution in [0.5, 0.6) is 11.5 Å². The van der Waals surface area contributed by atoms with Crippen LogP contribution in [0.4, 0.5) is 0 Å². The first-order chi connectivity index (χ1) is 17.5. The number of carbonyl (C=O) groups excluding carboxylic acids is 2. The summed E-state index contributed by atoms with van der Waals surface area (Å²) in [7, 11) is 1.89. The highest BCUT2D eigenvalue weighted by Gasteiger charge is 2.30. The quantitative estimate of drug-likeness (QED) is 0.444. The lowest BCUT2D eigenvalue weighted by Crippen LogP contribution is -2.40. The maximum atomic E-state index is 12.9. The fourth-order valence-electron chi connectivity index (χ4n) is 4.79. The number of rotatable bonds is 3. The number of phenolic OH excluding ortho intramolecular Hbond substituents is 1. The van der Waals surface area contributed by atoms with Crippen LogP contribution in [0.15, 0.2) is 66.7 Å². The molecular formula is C28H23N3O5. The average molecular weight is 482 g/mol. The topological polar surface area (TPSA) is 93.9 Å². The monoisotopic (exact) mass is 481 g/mol. The number of morpholine rings is 1. The Kier molecular flexibility index (Phi) is 5.30. The molecule has 8 heteroatoms.